The predicted octanol–water partition coefficient (Wildman–Crippen LogP) is 3.05. The van der Waals surface area contributed by atoms with Crippen LogP contribution in [0.3, 0.4) is 0 Å². The Bertz CT molecular complexity index is 821. The summed E-state index contributed by atoms with van der Waals surface area (Å²) in [4.78, 5) is 36.1. The van der Waals surface area contributed by atoms with Gasteiger partial charge in [-0.05, 0) is 39.0 Å². The van der Waals surface area contributed by atoms with Gasteiger partial charge in [-0.15, -0.1) is 0 Å². The van der Waals surface area contributed by atoms with Crippen LogP contribution >= 0.6 is 0 Å². The van der Waals surface area contributed by atoms with Crippen LogP contribution in [0, 0.1) is 0 Å². The van der Waals surface area contributed by atoms with Crippen molar-refractivity contribution in [1.82, 2.24) is 10.6 Å². The summed E-state index contributed by atoms with van der Waals surface area (Å²) in [6.07, 6.45) is -1.13. The molecule has 2 N–H and O–H groups in total. The Labute approximate surface area is 164 Å². The topological polar surface area (TPSA) is 93.7 Å². The second kappa shape index (κ2) is 10.1. The van der Waals surface area contributed by atoms with Crippen molar-refractivity contribution in [3.8, 4) is 5.75 Å². The summed E-state index contributed by atoms with van der Waals surface area (Å²) >= 11 is 0. The zero-order valence-corrected chi connectivity index (χ0v) is 16.1. The number of hydrogen-bond donors (Lipinski definition) is 2. The third kappa shape index (κ3) is 6.42. The Kier molecular flexibility index (Phi) is 7.56. The minimum Gasteiger partial charge on any atom is -0.489 e. The van der Waals surface area contributed by atoms with Gasteiger partial charge in [-0.1, -0.05) is 36.4 Å². The summed E-state index contributed by atoms with van der Waals surface area (Å²) in [5.74, 6) is -0.696. The molecule has 0 heterocycles. The van der Waals surface area contributed by atoms with Crippen molar-refractivity contribution in [2.75, 3.05) is 0 Å². The monoisotopic (exact) mass is 384 g/mol. The van der Waals surface area contributed by atoms with Crippen molar-refractivity contribution in [3.63, 3.8) is 0 Å². The number of urea groups is 1. The summed E-state index contributed by atoms with van der Waals surface area (Å²) in [5, 5.41) is 4.67. The van der Waals surface area contributed by atoms with Gasteiger partial charge in [0.15, 0.2) is 6.10 Å². The Morgan fingerprint density at radius 2 is 1.57 bits per heavy atom. The molecule has 2 aromatic rings. The highest BCUT2D eigenvalue weighted by molar-refractivity contribution is 5.98. The summed E-state index contributed by atoms with van der Waals surface area (Å²) in [6, 6.07) is 15.3. The first-order valence-electron chi connectivity index (χ1n) is 8.95. The van der Waals surface area contributed by atoms with Crippen LogP contribution in [-0.4, -0.2) is 30.1 Å². The Morgan fingerprint density at radius 3 is 2.25 bits per heavy atom. The summed E-state index contributed by atoms with van der Waals surface area (Å²) in [6.45, 7) is 5.11. The average molecular weight is 384 g/mol. The molecule has 1 unspecified atom stereocenters. The van der Waals surface area contributed by atoms with Crippen molar-refractivity contribution >= 4 is 17.9 Å². The molecule has 0 fully saturated rings. The van der Waals surface area contributed by atoms with Crippen LogP contribution in [-0.2, 0) is 16.1 Å². The molecule has 3 amide bonds. The highest BCUT2D eigenvalue weighted by Gasteiger charge is 2.22. The number of benzene rings is 2. The van der Waals surface area contributed by atoms with Crippen LogP contribution < -0.4 is 15.4 Å². The standard InChI is InChI=1S/C21H24N2O5/c1-14(2)22-21(26)23-19(24)15(3)28-20(25)18-12-8-7-9-16(18)13-27-17-10-5-4-6-11-17/h4-12,14-15H,13H2,1-3H3,(H2,22,23,24,26). The molecule has 0 aliphatic heterocycles. The number of carbonyl (C=O) groups excluding carboxylic acids is 3. The fraction of sp³-hybridized carbons (Fsp3) is 0.286. The quantitative estimate of drug-likeness (QED) is 0.716. The SMILES string of the molecule is CC(C)NC(=O)NC(=O)C(C)OC(=O)c1ccccc1COc1ccccc1. The molecule has 0 spiro atoms. The molecule has 148 valence electrons. The lowest BCUT2D eigenvalue weighted by atomic mass is 10.1. The number of rotatable bonds is 7. The fourth-order valence-electron chi connectivity index (χ4n) is 2.31. The fourth-order valence-corrected chi connectivity index (χ4v) is 2.31. The van der Waals surface area contributed by atoms with Gasteiger partial charge in [0.1, 0.15) is 12.4 Å². The number of ether oxygens (including phenoxy) is 2. The number of carbonyl (C=O) groups is 3. The minimum absolute atomic E-state index is 0.123. The number of imide groups is 1. The zero-order valence-electron chi connectivity index (χ0n) is 16.1. The predicted molar refractivity (Wildman–Crippen MR) is 104 cm³/mol. The molecule has 0 aromatic heterocycles. The molecule has 0 aliphatic rings. The third-order valence-corrected chi connectivity index (χ3v) is 3.68. The second-order valence-electron chi connectivity index (χ2n) is 6.42. The highest BCUT2D eigenvalue weighted by atomic mass is 16.5. The van der Waals surface area contributed by atoms with Crippen molar-refractivity contribution in [3.05, 3.63) is 65.7 Å². The van der Waals surface area contributed by atoms with Crippen LogP contribution in [0.4, 0.5) is 4.79 Å². The second-order valence-corrected chi connectivity index (χ2v) is 6.42. The maximum Gasteiger partial charge on any atom is 0.339 e. The smallest absolute Gasteiger partial charge is 0.339 e. The highest BCUT2D eigenvalue weighted by Crippen LogP contribution is 2.16. The van der Waals surface area contributed by atoms with E-state index in [9.17, 15) is 14.4 Å². The van der Waals surface area contributed by atoms with Crippen molar-refractivity contribution in [2.45, 2.75) is 39.5 Å². The normalized spacial score (nSPS) is 11.4. The van der Waals surface area contributed by atoms with Gasteiger partial charge in [0.2, 0.25) is 0 Å². The van der Waals surface area contributed by atoms with Crippen LogP contribution in [0.1, 0.15) is 36.7 Å². The third-order valence-electron chi connectivity index (χ3n) is 3.68. The zero-order chi connectivity index (χ0) is 20.5. The van der Waals surface area contributed by atoms with E-state index in [1.54, 1.807) is 38.1 Å². The number of para-hydroxylation sites is 1. The number of hydrogen-bond acceptors (Lipinski definition) is 5. The number of esters is 1. The Morgan fingerprint density at radius 1 is 0.929 bits per heavy atom. The van der Waals surface area contributed by atoms with Gasteiger partial charge < -0.3 is 14.8 Å². The molecule has 2 rings (SSSR count). The maximum atomic E-state index is 12.5. The molecule has 0 bridgehead atoms. The number of nitrogens with one attached hydrogen (secondary N) is 2. The van der Waals surface area contributed by atoms with E-state index in [0.717, 1.165) is 0 Å². The van der Waals surface area contributed by atoms with Crippen LogP contribution in [0.25, 0.3) is 0 Å². The van der Waals surface area contributed by atoms with Gasteiger partial charge >= 0.3 is 12.0 Å². The summed E-state index contributed by atoms with van der Waals surface area (Å²) < 4.78 is 10.9. The molecule has 2 aromatic carbocycles. The lowest BCUT2D eigenvalue weighted by molar-refractivity contribution is -0.127. The largest absolute Gasteiger partial charge is 0.489 e. The van der Waals surface area contributed by atoms with E-state index in [0.29, 0.717) is 16.9 Å². The van der Waals surface area contributed by atoms with E-state index in [1.165, 1.54) is 6.92 Å². The van der Waals surface area contributed by atoms with Crippen LogP contribution in [0.15, 0.2) is 54.6 Å². The first-order valence-corrected chi connectivity index (χ1v) is 8.95. The van der Waals surface area contributed by atoms with Gasteiger partial charge in [0.25, 0.3) is 5.91 Å². The van der Waals surface area contributed by atoms with Crippen molar-refractivity contribution < 1.29 is 23.9 Å². The van der Waals surface area contributed by atoms with E-state index in [2.05, 4.69) is 10.6 Å². The van der Waals surface area contributed by atoms with E-state index >= 15 is 0 Å². The number of amides is 3. The van der Waals surface area contributed by atoms with Gasteiger partial charge in [0.05, 0.1) is 5.56 Å². The lowest BCUT2D eigenvalue weighted by Gasteiger charge is -2.16. The van der Waals surface area contributed by atoms with E-state index in [-0.39, 0.29) is 12.6 Å². The summed E-state index contributed by atoms with van der Waals surface area (Å²) in [5.41, 5.74) is 0.922. The molecule has 0 aliphatic carbocycles. The van der Waals surface area contributed by atoms with Gasteiger partial charge in [0, 0.05) is 11.6 Å². The van der Waals surface area contributed by atoms with Crippen LogP contribution in [0.5, 0.6) is 5.75 Å². The molecule has 1 atom stereocenters. The molecule has 0 saturated heterocycles. The van der Waals surface area contributed by atoms with E-state index in [4.69, 9.17) is 9.47 Å². The minimum atomic E-state index is -1.13. The molecule has 7 heteroatoms. The van der Waals surface area contributed by atoms with Crippen molar-refractivity contribution in [1.29, 1.82) is 0 Å². The van der Waals surface area contributed by atoms with E-state index < -0.39 is 24.0 Å². The van der Waals surface area contributed by atoms with Gasteiger partial charge in [-0.3, -0.25) is 10.1 Å². The van der Waals surface area contributed by atoms with E-state index in [1.807, 2.05) is 30.3 Å². The molecule has 7 nitrogen and oxygen atoms in total. The van der Waals surface area contributed by atoms with Gasteiger partial charge in [-0.25, -0.2) is 9.59 Å². The summed E-state index contributed by atoms with van der Waals surface area (Å²) in [7, 11) is 0. The molecule has 0 saturated carbocycles. The lowest BCUT2D eigenvalue weighted by Crippen LogP contribution is -2.46. The average Bonchev–Trinajstić information content (AvgIpc) is 2.66. The molecular formula is C21H24N2O5. The van der Waals surface area contributed by atoms with Gasteiger partial charge in [-0.2, -0.15) is 0 Å². The Hall–Kier alpha value is -3.35. The molecular weight excluding hydrogens is 360 g/mol. The van der Waals surface area contributed by atoms with Crippen molar-refractivity contribution in [2.24, 2.45) is 0 Å². The molecule has 28 heavy (non-hydrogen) atoms. The first kappa shape index (κ1) is 21.0. The maximum absolute atomic E-state index is 12.5. The first-order chi connectivity index (χ1) is 13.4. The Balaban J connectivity index is 1.98. The molecule has 0 radical (unpaired) electrons. The van der Waals surface area contributed by atoms with Crippen LogP contribution in [0.2, 0.25) is 0 Å².